The second-order valence-corrected chi connectivity index (χ2v) is 4.22. The molecule has 0 saturated heterocycles. The van der Waals surface area contributed by atoms with E-state index in [9.17, 15) is 4.79 Å². The summed E-state index contributed by atoms with van der Waals surface area (Å²) in [6.07, 6.45) is 3.34. The fourth-order valence-electron chi connectivity index (χ4n) is 2.08. The van der Waals surface area contributed by atoms with Crippen LogP contribution in [0.5, 0.6) is 0 Å². The normalized spacial score (nSPS) is 10.8. The molecule has 0 N–H and O–H groups in total. The Bertz CT molecular complexity index is 783. The predicted molar refractivity (Wildman–Crippen MR) is 73.7 cm³/mol. The molecule has 3 rings (SSSR count). The van der Waals surface area contributed by atoms with Crippen molar-refractivity contribution in [2.75, 3.05) is 0 Å². The molecule has 2 nitrogen and oxygen atoms in total. The molecule has 3 aromatic rings. The number of rotatable bonds is 0. The molecule has 0 aliphatic carbocycles. The molecule has 1 heterocycles. The number of benzene rings is 1. The number of nitrogens with zero attached hydrogens (tertiary/aromatic N) is 1. The van der Waals surface area contributed by atoms with Crippen LogP contribution < -0.4 is 10.9 Å². The summed E-state index contributed by atoms with van der Waals surface area (Å²) in [5, 5.41) is 3.33. The van der Waals surface area contributed by atoms with Crippen molar-refractivity contribution >= 4 is 34.9 Å². The molecule has 0 bridgehead atoms. The Hall–Kier alpha value is -2.16. The molecule has 80 valence electrons. The molecule has 0 amide bonds. The minimum Gasteiger partial charge on any atom is -0.289 e. The van der Waals surface area contributed by atoms with Gasteiger partial charge in [0.25, 0.3) is 0 Å². The van der Waals surface area contributed by atoms with Crippen LogP contribution in [0.1, 0.15) is 0 Å². The average molecular weight is 219 g/mol. The summed E-state index contributed by atoms with van der Waals surface area (Å²) in [7, 11) is 1.99. The molecule has 0 spiro atoms. The summed E-state index contributed by atoms with van der Waals surface area (Å²) >= 11 is 0. The van der Waals surface area contributed by atoms with Crippen LogP contribution in [0, 0.1) is 0 Å². The van der Waals surface area contributed by atoms with Gasteiger partial charge in [0.1, 0.15) is 7.85 Å². The molecule has 3 heteroatoms. The molecular weight excluding hydrogens is 209 g/mol. The van der Waals surface area contributed by atoms with Crippen LogP contribution in [0.4, 0.5) is 0 Å². The monoisotopic (exact) mass is 219 g/mol. The molecule has 0 radical (unpaired) electrons. The lowest BCUT2D eigenvalue weighted by atomic mass is 9.94. The fourth-order valence-corrected chi connectivity index (χ4v) is 2.08. The lowest BCUT2D eigenvalue weighted by molar-refractivity contribution is 1.36. The van der Waals surface area contributed by atoms with Gasteiger partial charge in [-0.05, 0) is 16.8 Å². The van der Waals surface area contributed by atoms with Crippen LogP contribution in [-0.2, 0) is 0 Å². The van der Waals surface area contributed by atoms with E-state index in [1.54, 1.807) is 12.4 Å². The van der Waals surface area contributed by atoms with E-state index >= 15 is 0 Å². The first-order chi connectivity index (χ1) is 8.25. The Morgan fingerprint density at radius 1 is 0.941 bits per heavy atom. The summed E-state index contributed by atoms with van der Waals surface area (Å²) in [6, 6.07) is 11.8. The first kappa shape index (κ1) is 10.0. The molecule has 0 aliphatic rings. The first-order valence-electron chi connectivity index (χ1n) is 5.53. The standard InChI is InChI=1S/C14H10BNO/c15-11-4-3-9-1-2-10-5-6-16-8-13(10)14(17)12(9)7-11/h1-8H,15H2. The number of aromatic nitrogens is 1. The van der Waals surface area contributed by atoms with Gasteiger partial charge in [-0.2, -0.15) is 0 Å². The lowest BCUT2D eigenvalue weighted by Crippen LogP contribution is -2.05. The van der Waals surface area contributed by atoms with Crippen LogP contribution in [0.3, 0.4) is 0 Å². The van der Waals surface area contributed by atoms with E-state index in [0.717, 1.165) is 21.6 Å². The van der Waals surface area contributed by atoms with Gasteiger partial charge in [0.05, 0.1) is 0 Å². The zero-order valence-electron chi connectivity index (χ0n) is 9.47. The molecule has 1 aromatic heterocycles. The van der Waals surface area contributed by atoms with Gasteiger partial charge in [-0.15, -0.1) is 0 Å². The number of hydrogen-bond donors (Lipinski definition) is 0. The molecule has 2 aromatic carbocycles. The maximum absolute atomic E-state index is 12.4. The van der Waals surface area contributed by atoms with Crippen molar-refractivity contribution < 1.29 is 0 Å². The highest BCUT2D eigenvalue weighted by molar-refractivity contribution is 6.33. The third-order valence-electron chi connectivity index (χ3n) is 3.00. The summed E-state index contributed by atoms with van der Waals surface area (Å²) in [4.78, 5) is 16.4. The van der Waals surface area contributed by atoms with Crippen LogP contribution in [0.25, 0.3) is 21.5 Å². The van der Waals surface area contributed by atoms with E-state index in [2.05, 4.69) is 4.98 Å². The molecule has 0 fully saturated rings. The highest BCUT2D eigenvalue weighted by atomic mass is 16.1. The number of hydrogen-bond acceptors (Lipinski definition) is 2. The van der Waals surface area contributed by atoms with Crippen molar-refractivity contribution in [1.29, 1.82) is 0 Å². The van der Waals surface area contributed by atoms with E-state index in [-0.39, 0.29) is 5.43 Å². The minimum absolute atomic E-state index is 0.0526. The summed E-state index contributed by atoms with van der Waals surface area (Å²) in [6.45, 7) is 0. The van der Waals surface area contributed by atoms with Crippen LogP contribution >= 0.6 is 0 Å². The zero-order valence-corrected chi connectivity index (χ0v) is 9.47. The lowest BCUT2D eigenvalue weighted by Gasteiger charge is -1.94. The molecule has 0 saturated carbocycles. The Morgan fingerprint density at radius 2 is 1.65 bits per heavy atom. The van der Waals surface area contributed by atoms with Crippen LogP contribution in [-0.4, -0.2) is 12.8 Å². The molecule has 0 unspecified atom stereocenters. The molecule has 0 atom stereocenters. The summed E-state index contributed by atoms with van der Waals surface area (Å²) in [5.74, 6) is 0. The largest absolute Gasteiger partial charge is 0.289 e. The van der Waals surface area contributed by atoms with E-state index in [1.807, 2.05) is 44.2 Å². The van der Waals surface area contributed by atoms with Crippen molar-refractivity contribution in [3.05, 3.63) is 59.0 Å². The van der Waals surface area contributed by atoms with Gasteiger partial charge in [-0.1, -0.05) is 35.8 Å². The Balaban J connectivity index is 2.65. The Morgan fingerprint density at radius 3 is 2.47 bits per heavy atom. The van der Waals surface area contributed by atoms with Gasteiger partial charge in [0.15, 0.2) is 5.43 Å². The Kier molecular flexibility index (Phi) is 2.18. The van der Waals surface area contributed by atoms with Gasteiger partial charge in [-0.25, -0.2) is 0 Å². The third kappa shape index (κ3) is 1.60. The third-order valence-corrected chi connectivity index (χ3v) is 3.00. The first-order valence-corrected chi connectivity index (χ1v) is 5.53. The van der Waals surface area contributed by atoms with E-state index in [1.165, 1.54) is 0 Å². The molecule has 0 aliphatic heterocycles. The van der Waals surface area contributed by atoms with E-state index in [0.29, 0.717) is 5.39 Å². The minimum atomic E-state index is 0.0526. The van der Waals surface area contributed by atoms with Gasteiger partial charge in [0, 0.05) is 23.2 Å². The van der Waals surface area contributed by atoms with Crippen molar-refractivity contribution in [1.82, 2.24) is 4.98 Å². The summed E-state index contributed by atoms with van der Waals surface area (Å²) < 4.78 is 0. The van der Waals surface area contributed by atoms with Gasteiger partial charge in [0.2, 0.25) is 0 Å². The topological polar surface area (TPSA) is 30.0 Å². The van der Waals surface area contributed by atoms with Gasteiger partial charge in [-0.3, -0.25) is 9.78 Å². The smallest absolute Gasteiger partial charge is 0.195 e. The summed E-state index contributed by atoms with van der Waals surface area (Å²) in [5.41, 5.74) is 1.15. The van der Waals surface area contributed by atoms with Crippen molar-refractivity contribution in [2.45, 2.75) is 0 Å². The zero-order chi connectivity index (χ0) is 11.8. The van der Waals surface area contributed by atoms with Gasteiger partial charge < -0.3 is 0 Å². The van der Waals surface area contributed by atoms with Crippen molar-refractivity contribution in [2.24, 2.45) is 0 Å². The van der Waals surface area contributed by atoms with Gasteiger partial charge >= 0.3 is 0 Å². The quantitative estimate of drug-likeness (QED) is 0.528. The average Bonchev–Trinajstić information content (AvgIpc) is 2.49. The van der Waals surface area contributed by atoms with Crippen LogP contribution in [0.15, 0.2) is 53.6 Å². The predicted octanol–water partition coefficient (Wildman–Crippen LogP) is 1.01. The second-order valence-electron chi connectivity index (χ2n) is 4.22. The maximum Gasteiger partial charge on any atom is 0.195 e. The number of fused-ring (bicyclic) bond motifs is 2. The maximum atomic E-state index is 12.4. The van der Waals surface area contributed by atoms with E-state index < -0.39 is 0 Å². The van der Waals surface area contributed by atoms with E-state index in [4.69, 9.17) is 0 Å². The number of pyridine rings is 1. The Labute approximate surface area is 99.3 Å². The second kappa shape index (κ2) is 3.70. The van der Waals surface area contributed by atoms with Crippen molar-refractivity contribution in [3.63, 3.8) is 0 Å². The SMILES string of the molecule is Bc1ccc2ccc3ccncc3c(=O)c2c1. The molecular formula is C14H10BNO. The fraction of sp³-hybridized carbons (Fsp3) is 0. The highest BCUT2D eigenvalue weighted by Gasteiger charge is 2.02. The molecule has 17 heavy (non-hydrogen) atoms. The van der Waals surface area contributed by atoms with Crippen LogP contribution in [0.2, 0.25) is 0 Å². The van der Waals surface area contributed by atoms with Crippen molar-refractivity contribution in [3.8, 4) is 0 Å². The highest BCUT2D eigenvalue weighted by Crippen LogP contribution is 2.13.